The van der Waals surface area contributed by atoms with Crippen molar-refractivity contribution in [2.75, 3.05) is 26.5 Å². The molecule has 0 saturated heterocycles. The number of rotatable bonds is 8. The van der Waals surface area contributed by atoms with Crippen molar-refractivity contribution < 1.29 is 9.26 Å². The van der Waals surface area contributed by atoms with Crippen molar-refractivity contribution in [2.24, 2.45) is 0 Å². The van der Waals surface area contributed by atoms with Gasteiger partial charge in [0.15, 0.2) is 5.82 Å². The number of likely N-dealkylation sites (N-methyl/N-ethyl adjacent to an activating group) is 1. The lowest BCUT2D eigenvalue weighted by Gasteiger charge is -2.14. The van der Waals surface area contributed by atoms with Gasteiger partial charge in [-0.15, -0.1) is 0 Å². The van der Waals surface area contributed by atoms with Gasteiger partial charge in [0, 0.05) is 19.6 Å². The minimum atomic E-state index is 0.234. The third-order valence-electron chi connectivity index (χ3n) is 2.07. The van der Waals surface area contributed by atoms with Crippen molar-refractivity contribution >= 4 is 11.8 Å². The fourth-order valence-electron chi connectivity index (χ4n) is 1.45. The summed E-state index contributed by atoms with van der Waals surface area (Å²) in [4.78, 5) is 4.31. The van der Waals surface area contributed by atoms with E-state index in [4.69, 9.17) is 9.26 Å². The lowest BCUT2D eigenvalue weighted by molar-refractivity contribution is 0.162. The molecule has 0 bridgehead atoms. The van der Waals surface area contributed by atoms with Crippen LogP contribution < -0.4 is 5.32 Å². The van der Waals surface area contributed by atoms with E-state index in [-0.39, 0.29) is 6.04 Å². The standard InChI is InChI=1S/C10H19N3O2S/c1-4-11-8(6-14-2)5-10-12-9(7-16-3)13-15-10/h8,11H,4-7H2,1-3H3. The van der Waals surface area contributed by atoms with Gasteiger partial charge in [-0.05, 0) is 12.8 Å². The SMILES string of the molecule is CCNC(COC)Cc1nc(CSC)no1. The van der Waals surface area contributed by atoms with E-state index in [1.165, 1.54) is 0 Å². The summed E-state index contributed by atoms with van der Waals surface area (Å²) in [6.45, 7) is 3.61. The summed E-state index contributed by atoms with van der Waals surface area (Å²) in [7, 11) is 1.69. The maximum absolute atomic E-state index is 5.17. The predicted octanol–water partition coefficient (Wildman–Crippen LogP) is 1.10. The summed E-state index contributed by atoms with van der Waals surface area (Å²) in [6.07, 6.45) is 2.73. The molecule has 0 aromatic carbocycles. The number of aromatic nitrogens is 2. The van der Waals surface area contributed by atoms with Crippen LogP contribution in [0.15, 0.2) is 4.52 Å². The molecule has 0 radical (unpaired) electrons. The fraction of sp³-hybridized carbons (Fsp3) is 0.800. The molecule has 1 aromatic rings. The molecule has 1 atom stereocenters. The molecular formula is C10H19N3O2S. The highest BCUT2D eigenvalue weighted by Crippen LogP contribution is 2.07. The summed E-state index contributed by atoms with van der Waals surface area (Å²) in [5.74, 6) is 2.22. The molecule has 6 heteroatoms. The maximum atomic E-state index is 5.17. The van der Waals surface area contributed by atoms with E-state index in [1.807, 2.05) is 6.26 Å². The second-order valence-corrected chi connectivity index (χ2v) is 4.32. The van der Waals surface area contributed by atoms with Gasteiger partial charge in [-0.25, -0.2) is 0 Å². The highest BCUT2D eigenvalue weighted by atomic mass is 32.2. The zero-order valence-corrected chi connectivity index (χ0v) is 10.8. The third kappa shape index (κ3) is 4.51. The topological polar surface area (TPSA) is 60.2 Å². The molecule has 0 saturated carbocycles. The van der Waals surface area contributed by atoms with Crippen molar-refractivity contribution in [1.82, 2.24) is 15.5 Å². The Balaban J connectivity index is 2.48. The quantitative estimate of drug-likeness (QED) is 0.740. The van der Waals surface area contributed by atoms with Gasteiger partial charge in [0.05, 0.1) is 12.4 Å². The largest absolute Gasteiger partial charge is 0.383 e. The van der Waals surface area contributed by atoms with Crippen molar-refractivity contribution in [3.8, 4) is 0 Å². The zero-order chi connectivity index (χ0) is 11.8. The van der Waals surface area contributed by atoms with Gasteiger partial charge < -0.3 is 14.6 Å². The summed E-state index contributed by atoms with van der Waals surface area (Å²) in [5, 5.41) is 7.22. The fourth-order valence-corrected chi connectivity index (χ4v) is 1.83. The highest BCUT2D eigenvalue weighted by Gasteiger charge is 2.13. The van der Waals surface area contributed by atoms with Crippen LogP contribution >= 0.6 is 11.8 Å². The van der Waals surface area contributed by atoms with Crippen LogP contribution in [0.4, 0.5) is 0 Å². The van der Waals surface area contributed by atoms with Crippen LogP contribution in [-0.4, -0.2) is 42.7 Å². The monoisotopic (exact) mass is 245 g/mol. The van der Waals surface area contributed by atoms with Crippen LogP contribution in [0.3, 0.4) is 0 Å². The van der Waals surface area contributed by atoms with Crippen LogP contribution in [-0.2, 0) is 16.9 Å². The second-order valence-electron chi connectivity index (χ2n) is 3.45. The van der Waals surface area contributed by atoms with Gasteiger partial charge in [0.2, 0.25) is 5.89 Å². The average Bonchev–Trinajstić information content (AvgIpc) is 2.67. The number of nitrogens with one attached hydrogen (secondary N) is 1. The minimum absolute atomic E-state index is 0.234. The first-order valence-electron chi connectivity index (χ1n) is 5.32. The molecule has 1 rings (SSSR count). The predicted molar refractivity (Wildman–Crippen MR) is 64.6 cm³/mol. The molecule has 0 spiro atoms. The van der Waals surface area contributed by atoms with Gasteiger partial charge in [0.1, 0.15) is 0 Å². The molecule has 1 heterocycles. The Morgan fingerprint density at radius 2 is 2.38 bits per heavy atom. The van der Waals surface area contributed by atoms with Crippen LogP contribution in [0.2, 0.25) is 0 Å². The summed E-state index contributed by atoms with van der Waals surface area (Å²) < 4.78 is 10.3. The number of methoxy groups -OCH3 is 1. The Hall–Kier alpha value is -0.590. The molecule has 1 aromatic heterocycles. The van der Waals surface area contributed by atoms with Gasteiger partial charge in [-0.2, -0.15) is 16.7 Å². The van der Waals surface area contributed by atoms with E-state index in [0.717, 1.165) is 18.1 Å². The second kappa shape index (κ2) is 7.65. The lowest BCUT2D eigenvalue weighted by Crippen LogP contribution is -2.35. The van der Waals surface area contributed by atoms with Crippen molar-refractivity contribution in [2.45, 2.75) is 25.1 Å². The van der Waals surface area contributed by atoms with E-state index in [1.54, 1.807) is 18.9 Å². The van der Waals surface area contributed by atoms with Crippen LogP contribution in [0.5, 0.6) is 0 Å². The van der Waals surface area contributed by atoms with E-state index in [9.17, 15) is 0 Å². The number of thioether (sulfide) groups is 1. The Labute approximate surface area is 100 Å². The van der Waals surface area contributed by atoms with E-state index < -0.39 is 0 Å². The van der Waals surface area contributed by atoms with Gasteiger partial charge in [-0.1, -0.05) is 12.1 Å². The Morgan fingerprint density at radius 3 is 3.00 bits per heavy atom. The molecule has 0 amide bonds. The molecule has 0 aliphatic heterocycles. The van der Waals surface area contributed by atoms with E-state index >= 15 is 0 Å². The molecular weight excluding hydrogens is 226 g/mol. The molecule has 5 nitrogen and oxygen atoms in total. The number of hydrogen-bond acceptors (Lipinski definition) is 6. The van der Waals surface area contributed by atoms with Crippen LogP contribution in [0, 0.1) is 0 Å². The molecule has 0 aliphatic rings. The summed E-state index contributed by atoms with van der Waals surface area (Å²) in [6, 6.07) is 0.234. The Kier molecular flexibility index (Phi) is 6.44. The number of hydrogen-bond donors (Lipinski definition) is 1. The molecule has 1 unspecified atom stereocenters. The first kappa shape index (κ1) is 13.5. The number of ether oxygens (including phenoxy) is 1. The summed E-state index contributed by atoms with van der Waals surface area (Å²) in [5.41, 5.74) is 0. The van der Waals surface area contributed by atoms with E-state index in [2.05, 4.69) is 22.4 Å². The van der Waals surface area contributed by atoms with Crippen molar-refractivity contribution in [1.29, 1.82) is 0 Å². The smallest absolute Gasteiger partial charge is 0.228 e. The molecule has 0 fully saturated rings. The third-order valence-corrected chi connectivity index (χ3v) is 2.61. The molecule has 1 N–H and O–H groups in total. The Morgan fingerprint density at radius 1 is 1.56 bits per heavy atom. The Bertz CT molecular complexity index is 287. The molecule has 16 heavy (non-hydrogen) atoms. The summed E-state index contributed by atoms with van der Waals surface area (Å²) >= 11 is 1.68. The minimum Gasteiger partial charge on any atom is -0.383 e. The van der Waals surface area contributed by atoms with Gasteiger partial charge in [0.25, 0.3) is 0 Å². The van der Waals surface area contributed by atoms with Crippen molar-refractivity contribution in [3.63, 3.8) is 0 Å². The first-order valence-corrected chi connectivity index (χ1v) is 6.72. The molecule has 92 valence electrons. The van der Waals surface area contributed by atoms with Gasteiger partial charge in [-0.3, -0.25) is 0 Å². The van der Waals surface area contributed by atoms with Gasteiger partial charge >= 0.3 is 0 Å². The first-order chi connectivity index (χ1) is 7.80. The van der Waals surface area contributed by atoms with Crippen LogP contribution in [0.1, 0.15) is 18.6 Å². The maximum Gasteiger partial charge on any atom is 0.228 e. The average molecular weight is 245 g/mol. The lowest BCUT2D eigenvalue weighted by atomic mass is 10.2. The van der Waals surface area contributed by atoms with Crippen molar-refractivity contribution in [3.05, 3.63) is 11.7 Å². The highest BCUT2D eigenvalue weighted by molar-refractivity contribution is 7.97. The molecule has 0 aliphatic carbocycles. The number of nitrogens with zero attached hydrogens (tertiary/aromatic N) is 2. The zero-order valence-electron chi connectivity index (χ0n) is 10.0. The van der Waals surface area contributed by atoms with Crippen LogP contribution in [0.25, 0.3) is 0 Å². The van der Waals surface area contributed by atoms with E-state index in [0.29, 0.717) is 18.9 Å². The normalized spacial score (nSPS) is 12.9.